The van der Waals surface area contributed by atoms with E-state index in [-0.39, 0.29) is 30.5 Å². The Kier molecular flexibility index (Phi) is 5.48. The van der Waals surface area contributed by atoms with Crippen molar-refractivity contribution in [1.29, 1.82) is 5.26 Å². The molecule has 172 valence electrons. The second kappa shape index (κ2) is 8.33. The molecule has 0 bridgehead atoms. The van der Waals surface area contributed by atoms with Crippen LogP contribution in [0.2, 0.25) is 0 Å². The van der Waals surface area contributed by atoms with Crippen LogP contribution in [0, 0.1) is 23.2 Å². The van der Waals surface area contributed by atoms with Crippen LogP contribution in [-0.2, 0) is 17.5 Å². The number of nitriles is 1. The van der Waals surface area contributed by atoms with Gasteiger partial charge in [0.25, 0.3) is 0 Å². The topological polar surface area (TPSA) is 119 Å². The molecule has 0 aromatic carbocycles. The van der Waals surface area contributed by atoms with Crippen LogP contribution in [-0.4, -0.2) is 44.2 Å². The Bertz CT molecular complexity index is 1060. The van der Waals surface area contributed by atoms with E-state index in [1.54, 1.807) is 23.5 Å². The number of hydrogen-bond donors (Lipinski definition) is 3. The number of aromatic nitrogens is 3. The minimum Gasteiger partial charge on any atom is -0.340 e. The summed E-state index contributed by atoms with van der Waals surface area (Å²) in [4.78, 5) is 25.2. The molecule has 12 heteroatoms. The normalized spacial score (nSPS) is 31.9. The van der Waals surface area contributed by atoms with Gasteiger partial charge in [-0.25, -0.2) is 20.4 Å². The van der Waals surface area contributed by atoms with E-state index in [0.717, 1.165) is 30.9 Å². The molecule has 4 heterocycles. The Morgan fingerprint density at radius 1 is 1.18 bits per heavy atom. The summed E-state index contributed by atoms with van der Waals surface area (Å²) in [6.07, 6.45) is 0.987. The molecule has 3 N–H and O–H groups in total. The molecule has 0 spiro atoms. The third kappa shape index (κ3) is 4.03. The number of nitrogens with one attached hydrogen (secondary N) is 3. The van der Waals surface area contributed by atoms with Crippen molar-refractivity contribution in [2.45, 2.75) is 49.9 Å². The first-order valence-corrected chi connectivity index (χ1v) is 10.6. The van der Waals surface area contributed by atoms with Gasteiger partial charge in [0.15, 0.2) is 0 Å². The summed E-state index contributed by atoms with van der Waals surface area (Å²) in [5.41, 5.74) is 2.57. The number of carbonyl (C=O) groups excluding carboxylic acids is 1. The van der Waals surface area contributed by atoms with E-state index in [4.69, 9.17) is 0 Å². The number of pyridine rings is 1. The SMILES string of the molecule is N#CC1NN(Cc2ccc(C(F)(F)F)nc2)C2NC([C@H]3CC[C@@H]3c3ncccn3)NC(=O)C12. The average Bonchev–Trinajstić information content (AvgIpc) is 3.11. The highest BCUT2D eigenvalue weighted by molar-refractivity contribution is 5.82. The van der Waals surface area contributed by atoms with Gasteiger partial charge in [-0.15, -0.1) is 0 Å². The molecule has 1 aliphatic carbocycles. The molecule has 5 rings (SSSR count). The summed E-state index contributed by atoms with van der Waals surface area (Å²) in [7, 11) is 0. The smallest absolute Gasteiger partial charge is 0.340 e. The van der Waals surface area contributed by atoms with Crippen LogP contribution in [0.15, 0.2) is 36.8 Å². The minimum absolute atomic E-state index is 0.0908. The molecule has 9 nitrogen and oxygen atoms in total. The zero-order valence-corrected chi connectivity index (χ0v) is 17.3. The first kappa shape index (κ1) is 21.7. The molecule has 2 aromatic heterocycles. The van der Waals surface area contributed by atoms with Crippen LogP contribution >= 0.6 is 0 Å². The van der Waals surface area contributed by atoms with Crippen LogP contribution in [0.1, 0.15) is 35.8 Å². The Morgan fingerprint density at radius 2 is 1.97 bits per heavy atom. The van der Waals surface area contributed by atoms with Gasteiger partial charge in [0, 0.05) is 37.0 Å². The van der Waals surface area contributed by atoms with Gasteiger partial charge in [0.1, 0.15) is 17.6 Å². The second-order valence-corrected chi connectivity index (χ2v) is 8.49. The molecule has 0 radical (unpaired) electrons. The van der Waals surface area contributed by atoms with Crippen molar-refractivity contribution >= 4 is 5.91 Å². The maximum absolute atomic E-state index is 13.0. The minimum atomic E-state index is -4.51. The first-order chi connectivity index (χ1) is 15.8. The average molecular weight is 458 g/mol. The number of fused-ring (bicyclic) bond motifs is 1. The van der Waals surface area contributed by atoms with Crippen molar-refractivity contribution in [2.75, 3.05) is 0 Å². The third-order valence-electron chi connectivity index (χ3n) is 6.57. The molecule has 1 amide bonds. The lowest BCUT2D eigenvalue weighted by molar-refractivity contribution is -0.141. The maximum atomic E-state index is 13.0. The molecular formula is C21H21F3N8O. The van der Waals surface area contributed by atoms with E-state index in [0.29, 0.717) is 5.56 Å². The fourth-order valence-corrected chi connectivity index (χ4v) is 4.79. The lowest BCUT2D eigenvalue weighted by Crippen LogP contribution is -2.67. The molecule has 3 aliphatic rings. The van der Waals surface area contributed by atoms with E-state index in [2.05, 4.69) is 37.1 Å². The van der Waals surface area contributed by atoms with E-state index in [1.165, 1.54) is 6.07 Å². The number of halogens is 3. The lowest BCUT2D eigenvalue weighted by atomic mass is 9.70. The van der Waals surface area contributed by atoms with E-state index < -0.39 is 30.0 Å². The Morgan fingerprint density at radius 3 is 2.58 bits per heavy atom. The van der Waals surface area contributed by atoms with Gasteiger partial charge in [0.2, 0.25) is 5.91 Å². The fraction of sp³-hybridized carbons (Fsp3) is 0.476. The summed E-state index contributed by atoms with van der Waals surface area (Å²) >= 11 is 0. The summed E-state index contributed by atoms with van der Waals surface area (Å²) in [5, 5.41) is 17.7. The molecule has 2 aromatic rings. The lowest BCUT2D eigenvalue weighted by Gasteiger charge is -2.46. The van der Waals surface area contributed by atoms with Gasteiger partial charge in [-0.2, -0.15) is 18.4 Å². The predicted octanol–water partition coefficient (Wildman–Crippen LogP) is 1.28. The largest absolute Gasteiger partial charge is 0.433 e. The van der Waals surface area contributed by atoms with Crippen LogP contribution in [0.3, 0.4) is 0 Å². The van der Waals surface area contributed by atoms with Crippen molar-refractivity contribution in [1.82, 2.24) is 36.0 Å². The number of carbonyl (C=O) groups is 1. The van der Waals surface area contributed by atoms with Gasteiger partial charge in [-0.1, -0.05) is 6.07 Å². The molecule has 6 atom stereocenters. The summed E-state index contributed by atoms with van der Waals surface area (Å²) in [6, 6.07) is 5.37. The van der Waals surface area contributed by atoms with E-state index in [9.17, 15) is 23.2 Å². The predicted molar refractivity (Wildman–Crippen MR) is 107 cm³/mol. The highest BCUT2D eigenvalue weighted by atomic mass is 19.4. The monoisotopic (exact) mass is 458 g/mol. The Labute approximate surface area is 187 Å². The van der Waals surface area contributed by atoms with Gasteiger partial charge < -0.3 is 5.32 Å². The van der Waals surface area contributed by atoms with E-state index in [1.807, 2.05) is 0 Å². The van der Waals surface area contributed by atoms with Crippen LogP contribution in [0.4, 0.5) is 13.2 Å². The number of nitrogens with zero attached hydrogens (tertiary/aromatic N) is 5. The molecule has 33 heavy (non-hydrogen) atoms. The van der Waals surface area contributed by atoms with Gasteiger partial charge >= 0.3 is 6.18 Å². The van der Waals surface area contributed by atoms with Crippen molar-refractivity contribution in [3.63, 3.8) is 0 Å². The van der Waals surface area contributed by atoms with Crippen molar-refractivity contribution in [3.05, 3.63) is 53.9 Å². The number of amides is 1. The molecule has 2 aliphatic heterocycles. The summed E-state index contributed by atoms with van der Waals surface area (Å²) in [6.45, 7) is 0.174. The summed E-state index contributed by atoms with van der Waals surface area (Å²) < 4.78 is 38.4. The molecular weight excluding hydrogens is 437 g/mol. The van der Waals surface area contributed by atoms with Crippen molar-refractivity contribution < 1.29 is 18.0 Å². The maximum Gasteiger partial charge on any atom is 0.433 e. The van der Waals surface area contributed by atoms with Gasteiger partial charge in [0.05, 0.1) is 24.3 Å². The summed E-state index contributed by atoms with van der Waals surface area (Å²) in [5.74, 6) is 0.0250. The zero-order valence-electron chi connectivity index (χ0n) is 17.3. The number of rotatable bonds is 4. The van der Waals surface area contributed by atoms with Crippen molar-refractivity contribution in [3.8, 4) is 6.07 Å². The van der Waals surface area contributed by atoms with Gasteiger partial charge in [-0.05, 0) is 30.5 Å². The van der Waals surface area contributed by atoms with Gasteiger partial charge in [-0.3, -0.25) is 15.1 Å². The Balaban J connectivity index is 1.33. The zero-order chi connectivity index (χ0) is 23.2. The Hall–Kier alpha value is -3.14. The number of hydrogen-bond acceptors (Lipinski definition) is 8. The first-order valence-electron chi connectivity index (χ1n) is 10.6. The number of alkyl halides is 3. The quantitative estimate of drug-likeness (QED) is 0.627. The second-order valence-electron chi connectivity index (χ2n) is 8.49. The highest BCUT2D eigenvalue weighted by Crippen LogP contribution is 2.43. The van der Waals surface area contributed by atoms with Crippen molar-refractivity contribution in [2.24, 2.45) is 11.8 Å². The molecule has 3 fully saturated rings. The fourth-order valence-electron chi connectivity index (χ4n) is 4.79. The molecule has 2 saturated heterocycles. The van der Waals surface area contributed by atoms with Crippen LogP contribution < -0.4 is 16.1 Å². The van der Waals surface area contributed by atoms with Crippen LogP contribution in [0.5, 0.6) is 0 Å². The molecule has 4 unspecified atom stereocenters. The number of hydrazine groups is 1. The third-order valence-corrected chi connectivity index (χ3v) is 6.57. The van der Waals surface area contributed by atoms with E-state index >= 15 is 0 Å². The molecule has 1 saturated carbocycles. The van der Waals surface area contributed by atoms with Crippen LogP contribution in [0.25, 0.3) is 0 Å². The standard InChI is InChI=1S/C21H21F3N8O/c22-21(23,24)15-5-2-11(9-28-15)10-32-19-16(14(8-25)31-32)20(33)30-18(29-19)13-4-3-12(13)17-26-6-1-7-27-17/h1-2,5-7,9,12-14,16,18-19,29,31H,3-4,10H2,(H,30,33)/t12-,13-,14?,16?,18?,19?/m0/s1. The highest BCUT2D eigenvalue weighted by Gasteiger charge is 2.53.